The van der Waals surface area contributed by atoms with Crippen LogP contribution in [-0.2, 0) is 21.7 Å². The van der Waals surface area contributed by atoms with Gasteiger partial charge in [0.15, 0.2) is 0 Å². The van der Waals surface area contributed by atoms with E-state index in [1.54, 1.807) is 0 Å². The highest BCUT2D eigenvalue weighted by Crippen LogP contribution is 2.62. The van der Waals surface area contributed by atoms with Crippen LogP contribution in [0.4, 0.5) is 0 Å². The molecule has 0 atom stereocenters. The minimum Gasteiger partial charge on any atom is -0.0622 e. The first-order valence-corrected chi connectivity index (χ1v) is 45.6. The highest BCUT2D eigenvalue weighted by Gasteiger charge is 2.43. The largest absolute Gasteiger partial charge is 0.0622 e. The van der Waals surface area contributed by atoms with Gasteiger partial charge in [-0.3, -0.25) is 0 Å². The van der Waals surface area contributed by atoms with Gasteiger partial charge in [0.25, 0.3) is 0 Å². The van der Waals surface area contributed by atoms with Gasteiger partial charge >= 0.3 is 0 Å². The smallest absolute Gasteiger partial charge is 0.0165 e. The number of benzene rings is 23. The van der Waals surface area contributed by atoms with Gasteiger partial charge in [0.1, 0.15) is 0 Å². The molecule has 0 radical (unpaired) electrons. The first-order chi connectivity index (χ1) is 62.5. The minimum absolute atomic E-state index is 0.0854. The standard InChI is InChI=1S/C70H48.C58H42/c1-69(2)61-35-32-45(39-59(61)65-51-23-11-7-19-47(51)49-21-9-15-27-56(49)67(65)69)63-53-25-13-14-26-54(53)64(58-38-44(31-34-55(58)63)43-30-29-41-17-5-6-18-42(41)37-43)46-33-36-62-60(40-46)66-52-24-12-8-20-48(52)50-22-10-16-28-57(50)68(66)70(62,3)4;1-57(2)49-28-25-39(33-47(49)55-41-18-10-8-16-36(41)23-30-51(55)57)53-43-20-12-13-21-44(43)54(46-32-38(22-27-45(46)53)35-14-6-5-7-15-35)40-26-29-50-48(34-40)56-42-19-11-9-17-37(42)24-31-52(56)58(50,3)4/h5-40H,1-4H3;5-34H,1-4H3. The molecule has 0 fully saturated rings. The van der Waals surface area contributed by atoms with Gasteiger partial charge in [0.2, 0.25) is 0 Å². The maximum absolute atomic E-state index is 2.54. The molecule has 602 valence electrons. The molecular formula is C128H90. The van der Waals surface area contributed by atoms with Crippen LogP contribution in [0.2, 0.25) is 0 Å². The summed E-state index contributed by atoms with van der Waals surface area (Å²) in [4.78, 5) is 0. The molecule has 0 saturated heterocycles. The Hall–Kier alpha value is -15.1. The van der Waals surface area contributed by atoms with E-state index in [0.717, 1.165) is 0 Å². The number of hydrogen-bond acceptors (Lipinski definition) is 0. The van der Waals surface area contributed by atoms with E-state index in [0.29, 0.717) is 0 Å². The molecule has 0 saturated carbocycles. The van der Waals surface area contributed by atoms with E-state index in [2.05, 4.69) is 456 Å². The summed E-state index contributed by atoms with van der Waals surface area (Å²) in [7, 11) is 0. The fourth-order valence-corrected chi connectivity index (χ4v) is 24.6. The molecule has 4 aliphatic rings. The van der Waals surface area contributed by atoms with E-state index in [9.17, 15) is 0 Å². The lowest BCUT2D eigenvalue weighted by molar-refractivity contribution is 0.661. The maximum Gasteiger partial charge on any atom is 0.0165 e. The Morgan fingerprint density at radius 1 is 0.125 bits per heavy atom. The molecule has 4 aliphatic carbocycles. The molecule has 0 aromatic heterocycles. The Labute approximate surface area is 746 Å². The molecule has 0 spiro atoms. The minimum atomic E-state index is -0.178. The van der Waals surface area contributed by atoms with Crippen molar-refractivity contribution in [3.63, 3.8) is 0 Å². The average molecular weight is 1630 g/mol. The van der Waals surface area contributed by atoms with Crippen LogP contribution in [0.3, 0.4) is 0 Å². The summed E-state index contributed by atoms with van der Waals surface area (Å²) >= 11 is 0. The lowest BCUT2D eigenvalue weighted by Crippen LogP contribution is -2.15. The van der Waals surface area contributed by atoms with Gasteiger partial charge < -0.3 is 0 Å². The molecule has 0 aliphatic heterocycles. The summed E-state index contributed by atoms with van der Waals surface area (Å²) in [6.07, 6.45) is 0. The fourth-order valence-electron chi connectivity index (χ4n) is 24.6. The SMILES string of the molecule is CC1(C)c2ccc(-c3c4ccccc4c(-c4ccc5c(c4)-c4c(c6ccccc6c6ccccc46)C5(C)C)c4cc(-c5ccc6ccccc6c5)ccc34)cc2-c2c1c1ccccc1c1ccccc21.CC1(C)c2ccc(-c3c4ccccc4c(-c4ccc5c(c4)-c4c(ccc6ccccc46)C5(C)C)c4cc(-c5ccccc5)ccc34)cc2-c2c1ccc1ccccc21. The van der Waals surface area contributed by atoms with Crippen LogP contribution in [0, 0.1) is 0 Å². The van der Waals surface area contributed by atoms with Crippen LogP contribution in [0.5, 0.6) is 0 Å². The Kier molecular flexibility index (Phi) is 15.8. The van der Waals surface area contributed by atoms with Crippen LogP contribution < -0.4 is 0 Å². The maximum atomic E-state index is 2.54. The predicted molar refractivity (Wildman–Crippen MR) is 548 cm³/mol. The summed E-state index contributed by atoms with van der Waals surface area (Å²) in [5, 5.41) is 28.5. The molecule has 0 N–H and O–H groups in total. The fraction of sp³-hybridized carbons (Fsp3) is 0.0938. The quantitative estimate of drug-likeness (QED) is 0.115. The van der Waals surface area contributed by atoms with Gasteiger partial charge in [-0.05, 0) is 317 Å². The molecule has 128 heavy (non-hydrogen) atoms. The summed E-state index contributed by atoms with van der Waals surface area (Å²) in [6.45, 7) is 19.2. The Morgan fingerprint density at radius 3 is 0.773 bits per heavy atom. The van der Waals surface area contributed by atoms with Gasteiger partial charge in [0, 0.05) is 21.7 Å². The second-order valence-electron chi connectivity index (χ2n) is 38.7. The van der Waals surface area contributed by atoms with Crippen molar-refractivity contribution in [2.75, 3.05) is 0 Å². The van der Waals surface area contributed by atoms with Crippen molar-refractivity contribution in [1.82, 2.24) is 0 Å². The van der Waals surface area contributed by atoms with Crippen LogP contribution in [0.15, 0.2) is 400 Å². The monoisotopic (exact) mass is 1630 g/mol. The van der Waals surface area contributed by atoms with Gasteiger partial charge in [-0.2, -0.15) is 0 Å². The van der Waals surface area contributed by atoms with Crippen LogP contribution in [-0.4, -0.2) is 0 Å². The third-order valence-corrected chi connectivity index (χ3v) is 30.6. The lowest BCUT2D eigenvalue weighted by atomic mass is 9.78. The molecule has 0 heteroatoms. The third kappa shape index (κ3) is 10.5. The van der Waals surface area contributed by atoms with E-state index < -0.39 is 0 Å². The molecule has 0 bridgehead atoms. The Bertz CT molecular complexity index is 8860. The first kappa shape index (κ1) is 74.4. The van der Waals surface area contributed by atoms with Crippen molar-refractivity contribution in [2.45, 2.75) is 77.0 Å². The second kappa shape index (κ2) is 27.2. The van der Waals surface area contributed by atoms with E-state index in [1.807, 2.05) is 0 Å². The average Bonchev–Trinajstić information content (AvgIpc) is 1.54. The van der Waals surface area contributed by atoms with E-state index in [1.165, 1.54) is 274 Å². The highest BCUT2D eigenvalue weighted by atomic mass is 14.5. The van der Waals surface area contributed by atoms with E-state index in [4.69, 9.17) is 0 Å². The predicted octanol–water partition coefficient (Wildman–Crippen LogP) is 35.3. The molecule has 0 amide bonds. The van der Waals surface area contributed by atoms with Gasteiger partial charge in [-0.15, -0.1) is 0 Å². The zero-order valence-electron chi connectivity index (χ0n) is 73.1. The normalized spacial score (nSPS) is 14.3. The van der Waals surface area contributed by atoms with Gasteiger partial charge in [-0.1, -0.05) is 413 Å². The molecule has 23 aromatic carbocycles. The highest BCUT2D eigenvalue weighted by molar-refractivity contribution is 6.27. The Balaban J connectivity index is 0.000000138. The van der Waals surface area contributed by atoms with Crippen molar-refractivity contribution in [3.05, 3.63) is 445 Å². The van der Waals surface area contributed by atoms with E-state index >= 15 is 0 Å². The molecule has 27 rings (SSSR count). The summed E-state index contributed by atoms with van der Waals surface area (Å²) in [5.74, 6) is 0. The number of hydrogen-bond donors (Lipinski definition) is 0. The van der Waals surface area contributed by atoms with Crippen molar-refractivity contribution in [3.8, 4) is 111 Å². The van der Waals surface area contributed by atoms with Crippen LogP contribution in [0.1, 0.15) is 99.9 Å². The molecule has 23 aromatic rings. The van der Waals surface area contributed by atoms with Crippen molar-refractivity contribution in [1.29, 1.82) is 0 Å². The van der Waals surface area contributed by atoms with Crippen LogP contribution >= 0.6 is 0 Å². The summed E-state index contributed by atoms with van der Waals surface area (Å²) in [6, 6.07) is 152. The molecule has 0 nitrogen and oxygen atoms in total. The van der Waals surface area contributed by atoms with E-state index in [-0.39, 0.29) is 21.7 Å². The number of fused-ring (bicyclic) bond motifs is 31. The van der Waals surface area contributed by atoms with Crippen molar-refractivity contribution < 1.29 is 0 Å². The van der Waals surface area contributed by atoms with Crippen molar-refractivity contribution >= 4 is 118 Å². The second-order valence-corrected chi connectivity index (χ2v) is 38.7. The molecular weight excluding hydrogens is 1540 g/mol. The Morgan fingerprint density at radius 2 is 0.375 bits per heavy atom. The van der Waals surface area contributed by atoms with Gasteiger partial charge in [0.05, 0.1) is 0 Å². The zero-order chi connectivity index (χ0) is 85.5. The van der Waals surface area contributed by atoms with Crippen LogP contribution in [0.25, 0.3) is 230 Å². The topological polar surface area (TPSA) is 0 Å². The summed E-state index contributed by atoms with van der Waals surface area (Å²) in [5.41, 5.74) is 36.6. The third-order valence-electron chi connectivity index (χ3n) is 30.6. The molecule has 0 heterocycles. The first-order valence-electron chi connectivity index (χ1n) is 45.6. The zero-order valence-corrected chi connectivity index (χ0v) is 73.1. The molecule has 0 unspecified atom stereocenters. The van der Waals surface area contributed by atoms with Gasteiger partial charge in [-0.25, -0.2) is 0 Å². The summed E-state index contributed by atoms with van der Waals surface area (Å²) < 4.78 is 0. The lowest BCUT2D eigenvalue weighted by Gasteiger charge is -2.24. The number of rotatable bonds is 6. The van der Waals surface area contributed by atoms with Crippen molar-refractivity contribution in [2.24, 2.45) is 0 Å².